The van der Waals surface area contributed by atoms with E-state index in [1.54, 1.807) is 13.1 Å². The molecule has 2 fully saturated rings. The zero-order chi connectivity index (χ0) is 20.8. The van der Waals surface area contributed by atoms with Crippen LogP contribution >= 0.6 is 0 Å². The molecular weight excluding hydrogens is 374 g/mol. The minimum atomic E-state index is 0.0345. The Balaban J connectivity index is 1.43. The van der Waals surface area contributed by atoms with Gasteiger partial charge in [-0.2, -0.15) is 0 Å². The first kappa shape index (κ1) is 18.8. The summed E-state index contributed by atoms with van der Waals surface area (Å²) >= 11 is 0. The quantitative estimate of drug-likeness (QED) is 0.658. The Kier molecular flexibility index (Phi) is 4.54. The van der Waals surface area contributed by atoms with Gasteiger partial charge in [0.15, 0.2) is 0 Å². The van der Waals surface area contributed by atoms with Crippen molar-refractivity contribution in [3.63, 3.8) is 0 Å². The van der Waals surface area contributed by atoms with Crippen molar-refractivity contribution in [3.8, 4) is 0 Å². The lowest BCUT2D eigenvalue weighted by atomic mass is 9.87. The van der Waals surface area contributed by atoms with Gasteiger partial charge >= 0.3 is 0 Å². The van der Waals surface area contributed by atoms with Gasteiger partial charge < -0.3 is 9.80 Å². The summed E-state index contributed by atoms with van der Waals surface area (Å²) in [5.74, 6) is 0.747. The second-order valence-corrected chi connectivity index (χ2v) is 8.52. The summed E-state index contributed by atoms with van der Waals surface area (Å²) in [6.45, 7) is 5.84. The van der Waals surface area contributed by atoms with Crippen molar-refractivity contribution in [1.82, 2.24) is 14.8 Å². The van der Waals surface area contributed by atoms with Gasteiger partial charge in [0, 0.05) is 55.5 Å². The molecule has 2 aliphatic rings. The summed E-state index contributed by atoms with van der Waals surface area (Å²) in [4.78, 5) is 34.0. The molecule has 0 N–H and O–H groups in total. The van der Waals surface area contributed by atoms with Crippen LogP contribution in [0.4, 0.5) is 0 Å². The third-order valence-corrected chi connectivity index (χ3v) is 6.71. The van der Waals surface area contributed by atoms with E-state index in [-0.39, 0.29) is 23.8 Å². The average Bonchev–Trinajstić information content (AvgIpc) is 3.32. The van der Waals surface area contributed by atoms with Crippen LogP contribution in [-0.4, -0.2) is 46.2 Å². The van der Waals surface area contributed by atoms with Gasteiger partial charge in [0.1, 0.15) is 0 Å². The van der Waals surface area contributed by atoms with E-state index in [0.717, 1.165) is 10.9 Å². The largest absolute Gasteiger partial charge is 0.338 e. The lowest BCUT2D eigenvalue weighted by molar-refractivity contribution is -0.130. The van der Waals surface area contributed by atoms with Crippen molar-refractivity contribution in [3.05, 3.63) is 77.5 Å². The molecule has 0 unspecified atom stereocenters. The normalized spacial score (nSPS) is 23.1. The van der Waals surface area contributed by atoms with Crippen molar-refractivity contribution in [2.24, 2.45) is 11.8 Å². The number of aromatic nitrogens is 1. The molecule has 0 saturated carbocycles. The lowest BCUT2D eigenvalue weighted by Gasteiger charge is -2.30. The van der Waals surface area contributed by atoms with Crippen molar-refractivity contribution in [1.29, 1.82) is 0 Å². The highest BCUT2D eigenvalue weighted by atomic mass is 16.2. The summed E-state index contributed by atoms with van der Waals surface area (Å²) in [6, 6.07) is 17.9. The van der Waals surface area contributed by atoms with Gasteiger partial charge in [-0.1, -0.05) is 30.3 Å². The summed E-state index contributed by atoms with van der Waals surface area (Å²) in [5, 5.41) is 0.975. The Morgan fingerprint density at radius 1 is 1.00 bits per heavy atom. The second-order valence-electron chi connectivity index (χ2n) is 8.52. The summed E-state index contributed by atoms with van der Waals surface area (Å²) < 4.78 is 0. The number of fused-ring (bicyclic) bond motifs is 2. The van der Waals surface area contributed by atoms with E-state index in [9.17, 15) is 9.59 Å². The van der Waals surface area contributed by atoms with E-state index in [0.29, 0.717) is 31.1 Å². The maximum Gasteiger partial charge on any atom is 0.253 e. The first-order valence-electron chi connectivity index (χ1n) is 10.5. The zero-order valence-electron chi connectivity index (χ0n) is 17.3. The molecule has 5 heteroatoms. The third-order valence-electron chi connectivity index (χ3n) is 6.71. The fourth-order valence-electron chi connectivity index (χ4n) is 5.24. The van der Waals surface area contributed by atoms with Crippen molar-refractivity contribution in [2.75, 3.05) is 19.6 Å². The SMILES string of the molecule is CC(=O)N1C[C@H]2CN(C(=O)c3ccc4ncccc4c3)C[C@H]2[C@@H]1c1ccccc1C. The van der Waals surface area contributed by atoms with Crippen molar-refractivity contribution in [2.45, 2.75) is 19.9 Å². The molecule has 30 heavy (non-hydrogen) atoms. The fourth-order valence-corrected chi connectivity index (χ4v) is 5.24. The van der Waals surface area contributed by atoms with Gasteiger partial charge in [-0.3, -0.25) is 14.6 Å². The van der Waals surface area contributed by atoms with Crippen LogP contribution in [0.1, 0.15) is 34.5 Å². The molecule has 5 nitrogen and oxygen atoms in total. The third kappa shape index (κ3) is 3.05. The van der Waals surface area contributed by atoms with Crippen LogP contribution in [0.2, 0.25) is 0 Å². The predicted molar refractivity (Wildman–Crippen MR) is 116 cm³/mol. The standard InChI is InChI=1S/C25H25N3O2/c1-16-6-3-4-8-21(16)24-22-15-27(13-20(22)14-28(24)17(2)29)25(30)19-9-10-23-18(12-19)7-5-11-26-23/h3-12,20,22,24H,13-15H2,1-2H3/t20-,22-,24+/m1/s1. The minimum Gasteiger partial charge on any atom is -0.338 e. The number of amides is 2. The Morgan fingerprint density at radius 2 is 1.83 bits per heavy atom. The van der Waals surface area contributed by atoms with E-state index in [2.05, 4.69) is 24.0 Å². The van der Waals surface area contributed by atoms with Gasteiger partial charge in [-0.15, -0.1) is 0 Å². The lowest BCUT2D eigenvalue weighted by Crippen LogP contribution is -2.36. The topological polar surface area (TPSA) is 53.5 Å². The maximum absolute atomic E-state index is 13.3. The van der Waals surface area contributed by atoms with Gasteiger partial charge in [0.2, 0.25) is 5.91 Å². The molecule has 0 spiro atoms. The van der Waals surface area contributed by atoms with Crippen LogP contribution < -0.4 is 0 Å². The molecular formula is C25H25N3O2. The highest BCUT2D eigenvalue weighted by Crippen LogP contribution is 2.46. The Labute approximate surface area is 176 Å². The highest BCUT2D eigenvalue weighted by Gasteiger charge is 2.49. The number of aryl methyl sites for hydroxylation is 1. The van der Waals surface area contributed by atoms with Gasteiger partial charge in [-0.05, 0) is 42.3 Å². The summed E-state index contributed by atoms with van der Waals surface area (Å²) in [7, 11) is 0. The monoisotopic (exact) mass is 399 g/mol. The molecule has 3 atom stereocenters. The molecule has 2 saturated heterocycles. The van der Waals surface area contributed by atoms with E-state index in [1.807, 2.05) is 52.3 Å². The fraction of sp³-hybridized carbons (Fsp3) is 0.320. The molecule has 3 heterocycles. The van der Waals surface area contributed by atoms with Gasteiger partial charge in [0.05, 0.1) is 11.6 Å². The second kappa shape index (κ2) is 7.24. The number of benzene rings is 2. The number of rotatable bonds is 2. The Hall–Kier alpha value is -3.21. The van der Waals surface area contributed by atoms with Crippen molar-refractivity contribution >= 4 is 22.7 Å². The van der Waals surface area contributed by atoms with E-state index >= 15 is 0 Å². The van der Waals surface area contributed by atoms with Crippen LogP contribution in [0, 0.1) is 18.8 Å². The predicted octanol–water partition coefficient (Wildman–Crippen LogP) is 3.83. The maximum atomic E-state index is 13.3. The zero-order valence-corrected chi connectivity index (χ0v) is 17.3. The molecule has 2 aliphatic heterocycles. The number of hydrogen-bond acceptors (Lipinski definition) is 3. The Morgan fingerprint density at radius 3 is 2.63 bits per heavy atom. The number of carbonyl (C=O) groups is 2. The number of hydrogen-bond donors (Lipinski definition) is 0. The molecule has 3 aromatic rings. The smallest absolute Gasteiger partial charge is 0.253 e. The summed E-state index contributed by atoms with van der Waals surface area (Å²) in [5.41, 5.74) is 3.99. The van der Waals surface area contributed by atoms with Crippen LogP contribution in [0.5, 0.6) is 0 Å². The van der Waals surface area contributed by atoms with Crippen molar-refractivity contribution < 1.29 is 9.59 Å². The molecule has 2 aromatic carbocycles. The van der Waals surface area contributed by atoms with E-state index in [4.69, 9.17) is 0 Å². The number of likely N-dealkylation sites (tertiary alicyclic amines) is 2. The summed E-state index contributed by atoms with van der Waals surface area (Å²) in [6.07, 6.45) is 1.76. The molecule has 1 aromatic heterocycles. The van der Waals surface area contributed by atoms with Crippen LogP contribution in [0.25, 0.3) is 10.9 Å². The number of carbonyl (C=O) groups excluding carboxylic acids is 2. The van der Waals surface area contributed by atoms with Crippen LogP contribution in [0.3, 0.4) is 0 Å². The molecule has 0 radical (unpaired) electrons. The molecule has 2 amide bonds. The molecule has 152 valence electrons. The molecule has 5 rings (SSSR count). The van der Waals surface area contributed by atoms with E-state index < -0.39 is 0 Å². The van der Waals surface area contributed by atoms with Crippen LogP contribution in [0.15, 0.2) is 60.8 Å². The van der Waals surface area contributed by atoms with E-state index in [1.165, 1.54) is 11.1 Å². The van der Waals surface area contributed by atoms with Crippen LogP contribution in [-0.2, 0) is 4.79 Å². The molecule has 0 bridgehead atoms. The first-order valence-corrected chi connectivity index (χ1v) is 10.5. The number of pyridine rings is 1. The van der Waals surface area contributed by atoms with Gasteiger partial charge in [0.25, 0.3) is 5.91 Å². The Bertz CT molecular complexity index is 1140. The average molecular weight is 399 g/mol. The molecule has 0 aliphatic carbocycles. The highest BCUT2D eigenvalue weighted by molar-refractivity contribution is 5.98. The number of nitrogens with zero attached hydrogens (tertiary/aromatic N) is 3. The first-order chi connectivity index (χ1) is 14.5. The minimum absolute atomic E-state index is 0.0345. The van der Waals surface area contributed by atoms with Gasteiger partial charge in [-0.25, -0.2) is 0 Å².